The summed E-state index contributed by atoms with van der Waals surface area (Å²) in [6.45, 7) is 2.31. The number of rotatable bonds is 5. The van der Waals surface area contributed by atoms with Crippen LogP contribution in [0.5, 0.6) is 0 Å². The Kier molecular flexibility index (Phi) is 4.63. The highest BCUT2D eigenvalue weighted by atomic mass is 32.2. The van der Waals surface area contributed by atoms with Gasteiger partial charge in [-0.05, 0) is 24.1 Å². The largest absolute Gasteiger partial charge is 0.419 e. The minimum absolute atomic E-state index is 0.103. The monoisotopic (exact) mass is 387 g/mol. The van der Waals surface area contributed by atoms with Crippen molar-refractivity contribution in [3.8, 4) is 0 Å². The molecule has 1 fully saturated rings. The molecule has 142 valence electrons. The average molecular weight is 387 g/mol. The summed E-state index contributed by atoms with van der Waals surface area (Å²) in [6.07, 6.45) is 0.759. The normalized spacial score (nSPS) is 18.3. The highest BCUT2D eigenvalue weighted by Gasteiger charge is 2.27. The molecule has 2 heterocycles. The van der Waals surface area contributed by atoms with E-state index in [4.69, 9.17) is 4.42 Å². The van der Waals surface area contributed by atoms with Gasteiger partial charge in [0.1, 0.15) is 0 Å². The predicted molar refractivity (Wildman–Crippen MR) is 102 cm³/mol. The number of nitrogens with one attached hydrogen (secondary N) is 1. The van der Waals surface area contributed by atoms with Gasteiger partial charge >= 0.3 is 5.76 Å². The van der Waals surface area contributed by atoms with Gasteiger partial charge in [-0.3, -0.25) is 9.47 Å². The van der Waals surface area contributed by atoms with Crippen LogP contribution in [0.4, 0.5) is 0 Å². The third kappa shape index (κ3) is 3.69. The Labute approximate surface area is 157 Å². The first-order chi connectivity index (χ1) is 12.9. The van der Waals surface area contributed by atoms with Gasteiger partial charge in [0.25, 0.3) is 0 Å². The molecule has 1 atom stereocenters. The minimum Gasteiger partial charge on any atom is -0.408 e. The number of sulfonamides is 1. The van der Waals surface area contributed by atoms with Crippen LogP contribution in [-0.2, 0) is 23.6 Å². The van der Waals surface area contributed by atoms with Crippen LogP contribution in [0.15, 0.2) is 62.6 Å². The molecule has 1 aliphatic heterocycles. The Morgan fingerprint density at radius 3 is 2.74 bits per heavy atom. The van der Waals surface area contributed by atoms with Crippen molar-refractivity contribution in [1.29, 1.82) is 0 Å². The Morgan fingerprint density at radius 1 is 1.19 bits per heavy atom. The molecule has 0 amide bonds. The van der Waals surface area contributed by atoms with E-state index in [-0.39, 0.29) is 16.5 Å². The van der Waals surface area contributed by atoms with Gasteiger partial charge in [-0.25, -0.2) is 17.9 Å². The molecule has 7 nitrogen and oxygen atoms in total. The van der Waals surface area contributed by atoms with Crippen LogP contribution in [0.2, 0.25) is 0 Å². The Hall–Kier alpha value is -2.42. The first-order valence-corrected chi connectivity index (χ1v) is 10.3. The van der Waals surface area contributed by atoms with Gasteiger partial charge in [-0.1, -0.05) is 30.3 Å². The van der Waals surface area contributed by atoms with E-state index >= 15 is 0 Å². The van der Waals surface area contributed by atoms with Crippen molar-refractivity contribution in [1.82, 2.24) is 14.2 Å². The van der Waals surface area contributed by atoms with Crippen molar-refractivity contribution in [3.63, 3.8) is 0 Å². The molecule has 4 rings (SSSR count). The summed E-state index contributed by atoms with van der Waals surface area (Å²) < 4.78 is 34.7. The summed E-state index contributed by atoms with van der Waals surface area (Å²) in [5, 5.41) is 0. The fourth-order valence-corrected chi connectivity index (χ4v) is 4.76. The Balaban J connectivity index is 1.46. The predicted octanol–water partition coefficient (Wildman–Crippen LogP) is 1.68. The molecule has 1 aromatic heterocycles. The molecule has 0 aliphatic carbocycles. The maximum atomic E-state index is 12.7. The molecule has 0 spiro atoms. The van der Waals surface area contributed by atoms with Gasteiger partial charge in [-0.2, -0.15) is 0 Å². The minimum atomic E-state index is -3.68. The van der Waals surface area contributed by atoms with Crippen molar-refractivity contribution >= 4 is 21.1 Å². The Morgan fingerprint density at radius 2 is 1.96 bits per heavy atom. The highest BCUT2D eigenvalue weighted by molar-refractivity contribution is 7.89. The van der Waals surface area contributed by atoms with E-state index in [0.717, 1.165) is 19.5 Å². The second kappa shape index (κ2) is 6.95. The van der Waals surface area contributed by atoms with Gasteiger partial charge < -0.3 is 4.42 Å². The van der Waals surface area contributed by atoms with Crippen LogP contribution in [-0.4, -0.2) is 37.0 Å². The number of hydrogen-bond donors (Lipinski definition) is 1. The first-order valence-electron chi connectivity index (χ1n) is 8.80. The Bertz CT molecular complexity index is 1120. The molecule has 1 N–H and O–H groups in total. The third-order valence-corrected chi connectivity index (χ3v) is 6.44. The average Bonchev–Trinajstić information content (AvgIpc) is 3.19. The smallest absolute Gasteiger partial charge is 0.408 e. The van der Waals surface area contributed by atoms with E-state index in [1.807, 2.05) is 18.2 Å². The van der Waals surface area contributed by atoms with Crippen LogP contribution in [0.1, 0.15) is 12.0 Å². The molecule has 0 unspecified atom stereocenters. The van der Waals surface area contributed by atoms with E-state index in [1.165, 1.54) is 22.3 Å². The van der Waals surface area contributed by atoms with Crippen molar-refractivity contribution in [2.75, 3.05) is 13.1 Å². The van der Waals surface area contributed by atoms with Gasteiger partial charge in [0.05, 0.1) is 10.4 Å². The highest BCUT2D eigenvalue weighted by Crippen LogP contribution is 2.20. The molecule has 8 heteroatoms. The molecule has 1 aliphatic rings. The fraction of sp³-hybridized carbons (Fsp3) is 0.316. The van der Waals surface area contributed by atoms with Crippen LogP contribution in [0.25, 0.3) is 11.1 Å². The lowest BCUT2D eigenvalue weighted by molar-refractivity contribution is 0.324. The second-order valence-corrected chi connectivity index (χ2v) is 8.60. The molecule has 0 radical (unpaired) electrons. The number of nitrogens with zero attached hydrogens (tertiary/aromatic N) is 2. The number of aromatic nitrogens is 1. The summed E-state index contributed by atoms with van der Waals surface area (Å²) in [4.78, 5) is 13.9. The lowest BCUT2D eigenvalue weighted by Gasteiger charge is -2.17. The lowest BCUT2D eigenvalue weighted by Crippen LogP contribution is -2.36. The van der Waals surface area contributed by atoms with Crippen LogP contribution in [0.3, 0.4) is 0 Å². The van der Waals surface area contributed by atoms with Crippen LogP contribution in [0, 0.1) is 0 Å². The summed E-state index contributed by atoms with van der Waals surface area (Å²) in [6, 6.07) is 14.5. The van der Waals surface area contributed by atoms with Crippen molar-refractivity contribution in [2.45, 2.75) is 23.9 Å². The summed E-state index contributed by atoms with van der Waals surface area (Å²) in [7, 11) is -2.10. The molecule has 2 aromatic carbocycles. The van der Waals surface area contributed by atoms with Crippen molar-refractivity contribution in [2.24, 2.45) is 7.05 Å². The fourth-order valence-electron chi connectivity index (χ4n) is 3.48. The lowest BCUT2D eigenvalue weighted by atomic mass is 10.2. The number of hydrogen-bond acceptors (Lipinski definition) is 5. The number of oxazole rings is 1. The molecule has 0 saturated carbocycles. The zero-order valence-electron chi connectivity index (χ0n) is 15.0. The quantitative estimate of drug-likeness (QED) is 0.720. The number of likely N-dealkylation sites (tertiary alicyclic amines) is 1. The zero-order chi connectivity index (χ0) is 19.0. The van der Waals surface area contributed by atoms with Gasteiger partial charge in [0, 0.05) is 38.8 Å². The molecule has 3 aromatic rings. The zero-order valence-corrected chi connectivity index (χ0v) is 15.8. The van der Waals surface area contributed by atoms with Crippen LogP contribution >= 0.6 is 0 Å². The number of benzene rings is 2. The first kappa shape index (κ1) is 18.0. The maximum Gasteiger partial charge on any atom is 0.419 e. The standard InChI is InChI=1S/C19H21N3O4S/c1-21-17-8-7-16(11-18(17)26-19(21)23)27(24,25)20-15-9-10-22(13-15)12-14-5-3-2-4-6-14/h2-8,11,15,20H,9-10,12-13H2,1H3/t15-/m0/s1. The van der Waals surface area contributed by atoms with Gasteiger partial charge in [0.2, 0.25) is 10.0 Å². The topological polar surface area (TPSA) is 84.5 Å². The summed E-state index contributed by atoms with van der Waals surface area (Å²) in [5.41, 5.74) is 2.04. The van der Waals surface area contributed by atoms with Gasteiger partial charge in [0.15, 0.2) is 5.58 Å². The van der Waals surface area contributed by atoms with E-state index < -0.39 is 15.8 Å². The number of fused-ring (bicyclic) bond motifs is 1. The molecular weight excluding hydrogens is 366 g/mol. The summed E-state index contributed by atoms with van der Waals surface area (Å²) in [5.74, 6) is -0.514. The van der Waals surface area contributed by atoms with E-state index in [9.17, 15) is 13.2 Å². The van der Waals surface area contributed by atoms with Gasteiger partial charge in [-0.15, -0.1) is 0 Å². The van der Waals surface area contributed by atoms with Crippen LogP contribution < -0.4 is 10.5 Å². The molecule has 27 heavy (non-hydrogen) atoms. The molecular formula is C19H21N3O4S. The molecule has 0 bridgehead atoms. The molecule has 1 saturated heterocycles. The van der Waals surface area contributed by atoms with E-state index in [1.54, 1.807) is 13.1 Å². The van der Waals surface area contributed by atoms with Crippen molar-refractivity contribution in [3.05, 3.63) is 64.6 Å². The van der Waals surface area contributed by atoms with E-state index in [2.05, 4.69) is 21.8 Å². The number of aryl methyl sites for hydroxylation is 1. The van der Waals surface area contributed by atoms with E-state index in [0.29, 0.717) is 12.1 Å². The van der Waals surface area contributed by atoms with Crippen molar-refractivity contribution < 1.29 is 12.8 Å². The SMILES string of the molecule is Cn1c(=O)oc2cc(S(=O)(=O)N[C@H]3CCN(Cc4ccccc4)C3)ccc21. The third-order valence-electron chi connectivity index (χ3n) is 4.92. The summed E-state index contributed by atoms with van der Waals surface area (Å²) >= 11 is 0. The maximum absolute atomic E-state index is 12.7. The second-order valence-electron chi connectivity index (χ2n) is 6.88.